The van der Waals surface area contributed by atoms with E-state index >= 15 is 0 Å². The lowest BCUT2D eigenvalue weighted by Gasteiger charge is -1.96. The van der Waals surface area contributed by atoms with Crippen LogP contribution in [-0.4, -0.2) is 19.3 Å². The number of methoxy groups -OCH3 is 1. The van der Waals surface area contributed by atoms with Crippen LogP contribution in [-0.2, 0) is 4.74 Å². The van der Waals surface area contributed by atoms with E-state index in [2.05, 4.69) is 11.1 Å². The fourth-order valence-corrected chi connectivity index (χ4v) is 3.06. The maximum Gasteiger partial charge on any atom is 0.348 e. The number of ether oxygens (including phenoxy) is 1. The molecule has 112 valence electrons. The first kappa shape index (κ1) is 16.5. The Balaban J connectivity index is 2.40. The van der Waals surface area contributed by atoms with Crippen molar-refractivity contribution in [1.82, 2.24) is 0 Å². The Labute approximate surface area is 141 Å². The molecule has 1 heterocycles. The standard InChI is InChI=1S/C15H10Cl2N2O2S/c1-8-10(6-18)14(22-13(8)15(20)21-2)19-7-9-3-4-11(16)12(17)5-9/h3-5,7H,1-2H3. The average Bonchev–Trinajstić information content (AvgIpc) is 2.83. The number of aliphatic imine (C=N–C) groups is 1. The van der Waals surface area contributed by atoms with Crippen LogP contribution in [0.1, 0.15) is 26.4 Å². The van der Waals surface area contributed by atoms with Crippen LogP contribution >= 0.6 is 34.5 Å². The molecule has 0 spiro atoms. The van der Waals surface area contributed by atoms with Crippen LogP contribution in [0.5, 0.6) is 0 Å². The topological polar surface area (TPSA) is 62.4 Å². The van der Waals surface area contributed by atoms with Crippen molar-refractivity contribution in [2.75, 3.05) is 7.11 Å². The molecule has 0 aliphatic carbocycles. The summed E-state index contributed by atoms with van der Waals surface area (Å²) < 4.78 is 4.70. The Morgan fingerprint density at radius 3 is 2.73 bits per heavy atom. The van der Waals surface area contributed by atoms with Crippen LogP contribution in [0.3, 0.4) is 0 Å². The van der Waals surface area contributed by atoms with Crippen molar-refractivity contribution in [2.45, 2.75) is 6.92 Å². The molecule has 0 amide bonds. The van der Waals surface area contributed by atoms with Gasteiger partial charge in [0.15, 0.2) is 0 Å². The highest BCUT2D eigenvalue weighted by molar-refractivity contribution is 7.18. The molecule has 0 saturated carbocycles. The van der Waals surface area contributed by atoms with Crippen molar-refractivity contribution in [3.63, 3.8) is 0 Å². The van der Waals surface area contributed by atoms with Gasteiger partial charge in [0.2, 0.25) is 0 Å². The molecule has 0 aliphatic rings. The molecular formula is C15H10Cl2N2O2S. The van der Waals surface area contributed by atoms with E-state index in [-0.39, 0.29) is 0 Å². The van der Waals surface area contributed by atoms with Gasteiger partial charge in [-0.15, -0.1) is 11.3 Å². The van der Waals surface area contributed by atoms with E-state index < -0.39 is 5.97 Å². The quantitative estimate of drug-likeness (QED) is 0.590. The summed E-state index contributed by atoms with van der Waals surface area (Å²) in [5, 5.41) is 10.6. The Morgan fingerprint density at radius 1 is 1.41 bits per heavy atom. The van der Waals surface area contributed by atoms with Gasteiger partial charge < -0.3 is 4.74 Å². The summed E-state index contributed by atoms with van der Waals surface area (Å²) in [6, 6.07) is 7.15. The molecule has 0 bridgehead atoms. The number of rotatable bonds is 3. The second kappa shape index (κ2) is 6.93. The predicted octanol–water partition coefficient (Wildman–Crippen LogP) is 4.77. The number of hydrogen-bond acceptors (Lipinski definition) is 5. The highest BCUT2D eigenvalue weighted by atomic mass is 35.5. The largest absolute Gasteiger partial charge is 0.465 e. The number of carbonyl (C=O) groups is 1. The minimum Gasteiger partial charge on any atom is -0.465 e. The average molecular weight is 353 g/mol. The zero-order valence-electron chi connectivity index (χ0n) is 11.7. The molecule has 0 fully saturated rings. The Morgan fingerprint density at radius 2 is 2.14 bits per heavy atom. The molecule has 4 nitrogen and oxygen atoms in total. The number of halogens is 2. The number of benzene rings is 1. The summed E-state index contributed by atoms with van der Waals surface area (Å²) in [6.07, 6.45) is 1.56. The predicted molar refractivity (Wildman–Crippen MR) is 88.8 cm³/mol. The summed E-state index contributed by atoms with van der Waals surface area (Å²) in [4.78, 5) is 16.3. The molecule has 7 heteroatoms. The van der Waals surface area contributed by atoms with E-state index in [1.807, 2.05) is 0 Å². The number of nitrogens with zero attached hydrogens (tertiary/aromatic N) is 2. The van der Waals surface area contributed by atoms with Gasteiger partial charge in [0.25, 0.3) is 0 Å². The Bertz CT molecular complexity index is 807. The lowest BCUT2D eigenvalue weighted by molar-refractivity contribution is 0.0605. The van der Waals surface area contributed by atoms with E-state index in [0.29, 0.717) is 31.1 Å². The van der Waals surface area contributed by atoms with Crippen molar-refractivity contribution in [3.05, 3.63) is 49.8 Å². The van der Waals surface area contributed by atoms with E-state index in [0.717, 1.165) is 16.9 Å². The Hall–Kier alpha value is -1.87. The first-order valence-electron chi connectivity index (χ1n) is 6.08. The fraction of sp³-hybridized carbons (Fsp3) is 0.133. The van der Waals surface area contributed by atoms with Crippen LogP contribution in [0, 0.1) is 18.3 Å². The van der Waals surface area contributed by atoms with Crippen LogP contribution < -0.4 is 0 Å². The highest BCUT2D eigenvalue weighted by Crippen LogP contribution is 2.35. The van der Waals surface area contributed by atoms with Gasteiger partial charge in [0.1, 0.15) is 15.9 Å². The van der Waals surface area contributed by atoms with Gasteiger partial charge in [0.05, 0.1) is 22.7 Å². The molecule has 2 aromatic rings. The van der Waals surface area contributed by atoms with Gasteiger partial charge in [-0.2, -0.15) is 5.26 Å². The zero-order valence-corrected chi connectivity index (χ0v) is 14.0. The van der Waals surface area contributed by atoms with Crippen LogP contribution in [0.2, 0.25) is 10.0 Å². The first-order valence-corrected chi connectivity index (χ1v) is 7.66. The van der Waals surface area contributed by atoms with Crippen molar-refractivity contribution in [1.29, 1.82) is 5.26 Å². The lowest BCUT2D eigenvalue weighted by Crippen LogP contribution is -1.99. The molecule has 2 rings (SSSR count). The molecule has 0 saturated heterocycles. The summed E-state index contributed by atoms with van der Waals surface area (Å²) >= 11 is 12.9. The highest BCUT2D eigenvalue weighted by Gasteiger charge is 2.20. The summed E-state index contributed by atoms with van der Waals surface area (Å²) in [5.74, 6) is -0.477. The maximum absolute atomic E-state index is 11.7. The van der Waals surface area contributed by atoms with E-state index in [9.17, 15) is 10.1 Å². The third-order valence-corrected chi connectivity index (χ3v) is 4.80. The summed E-state index contributed by atoms with van der Waals surface area (Å²) in [5.41, 5.74) is 1.67. The van der Waals surface area contributed by atoms with E-state index in [4.69, 9.17) is 27.9 Å². The number of carbonyl (C=O) groups excluding carboxylic acids is 1. The minimum absolute atomic E-state index is 0.363. The molecule has 0 unspecified atom stereocenters. The fourth-order valence-electron chi connectivity index (χ4n) is 1.73. The van der Waals surface area contributed by atoms with Crippen LogP contribution in [0.15, 0.2) is 23.2 Å². The molecule has 0 radical (unpaired) electrons. The summed E-state index contributed by atoms with van der Waals surface area (Å²) in [7, 11) is 1.30. The zero-order chi connectivity index (χ0) is 16.3. The van der Waals surface area contributed by atoms with Gasteiger partial charge in [-0.05, 0) is 30.2 Å². The molecule has 22 heavy (non-hydrogen) atoms. The van der Waals surface area contributed by atoms with E-state index in [1.165, 1.54) is 7.11 Å². The molecule has 0 aliphatic heterocycles. The summed E-state index contributed by atoms with van der Waals surface area (Å²) in [6.45, 7) is 1.69. The van der Waals surface area contributed by atoms with Gasteiger partial charge in [-0.1, -0.05) is 29.3 Å². The van der Waals surface area contributed by atoms with Gasteiger partial charge in [-0.25, -0.2) is 9.79 Å². The van der Waals surface area contributed by atoms with Crippen molar-refractivity contribution >= 4 is 51.7 Å². The third kappa shape index (κ3) is 3.30. The van der Waals surface area contributed by atoms with Gasteiger partial charge >= 0.3 is 5.97 Å². The second-order valence-corrected chi connectivity index (χ2v) is 6.08. The first-order chi connectivity index (χ1) is 10.5. The number of esters is 1. The third-order valence-electron chi connectivity index (χ3n) is 2.89. The van der Waals surface area contributed by atoms with Gasteiger partial charge in [0, 0.05) is 6.21 Å². The minimum atomic E-state index is -0.477. The molecule has 0 N–H and O–H groups in total. The SMILES string of the molecule is COC(=O)c1sc(N=Cc2ccc(Cl)c(Cl)c2)c(C#N)c1C. The normalized spacial score (nSPS) is 10.7. The van der Waals surface area contributed by atoms with Gasteiger partial charge in [-0.3, -0.25) is 0 Å². The smallest absolute Gasteiger partial charge is 0.348 e. The lowest BCUT2D eigenvalue weighted by atomic mass is 10.2. The molecular weight excluding hydrogens is 343 g/mol. The number of hydrogen-bond donors (Lipinski definition) is 0. The number of thiophene rings is 1. The van der Waals surface area contributed by atoms with Crippen molar-refractivity contribution in [3.8, 4) is 6.07 Å². The Kier molecular flexibility index (Phi) is 5.19. The van der Waals surface area contributed by atoms with Crippen molar-refractivity contribution in [2.24, 2.45) is 4.99 Å². The molecule has 1 aromatic heterocycles. The number of nitriles is 1. The second-order valence-electron chi connectivity index (χ2n) is 4.27. The maximum atomic E-state index is 11.7. The van der Waals surface area contributed by atoms with E-state index in [1.54, 1.807) is 31.3 Å². The molecule has 1 aromatic carbocycles. The van der Waals surface area contributed by atoms with Crippen LogP contribution in [0.25, 0.3) is 0 Å². The van der Waals surface area contributed by atoms with Crippen LogP contribution in [0.4, 0.5) is 5.00 Å². The monoisotopic (exact) mass is 352 g/mol. The molecule has 0 atom stereocenters. The van der Waals surface area contributed by atoms with Crippen molar-refractivity contribution < 1.29 is 9.53 Å².